The molecule has 72 valence electrons. The van der Waals surface area contributed by atoms with Crippen LogP contribution < -0.4 is 5.73 Å². The third-order valence-corrected chi connectivity index (χ3v) is 3.17. The molecule has 0 saturated heterocycles. The average Bonchev–Trinajstić information content (AvgIpc) is 2.30. The van der Waals surface area contributed by atoms with Gasteiger partial charge in [0.05, 0.1) is 4.88 Å². The maximum Gasteiger partial charge on any atom is 0.185 e. The molecule has 5 heteroatoms. The summed E-state index contributed by atoms with van der Waals surface area (Å²) in [5.41, 5.74) is 6.74. The lowest BCUT2D eigenvalue weighted by Crippen LogP contribution is -2.15. The van der Waals surface area contributed by atoms with Crippen LogP contribution in [0.25, 0.3) is 6.08 Å². The van der Waals surface area contributed by atoms with E-state index in [-0.39, 0.29) is 6.04 Å². The van der Waals surface area contributed by atoms with E-state index in [1.807, 2.05) is 19.9 Å². The highest BCUT2D eigenvalue weighted by atomic mass is 35.5. The van der Waals surface area contributed by atoms with Crippen molar-refractivity contribution in [2.24, 2.45) is 5.73 Å². The number of hydrogen-bond donors (Lipinski definition) is 1. The molecular weight excluding hydrogens is 227 g/mol. The normalized spacial score (nSPS) is 14.7. The van der Waals surface area contributed by atoms with Crippen LogP contribution in [0.4, 0.5) is 0 Å². The Balaban J connectivity index is 2.96. The third kappa shape index (κ3) is 2.95. The summed E-state index contributed by atoms with van der Waals surface area (Å²) < 4.78 is 0.453. The van der Waals surface area contributed by atoms with E-state index >= 15 is 0 Å². The minimum Gasteiger partial charge on any atom is -0.324 e. The molecule has 2 N–H and O–H groups in total. The Morgan fingerprint density at radius 1 is 1.62 bits per heavy atom. The highest BCUT2D eigenvalue weighted by Crippen LogP contribution is 2.28. The lowest BCUT2D eigenvalue weighted by Gasteiger charge is -2.03. The van der Waals surface area contributed by atoms with E-state index in [9.17, 15) is 0 Å². The highest BCUT2D eigenvalue weighted by molar-refractivity contribution is 7.17. The predicted octanol–water partition coefficient (Wildman–Crippen LogP) is 3.20. The molecule has 0 radical (unpaired) electrons. The van der Waals surface area contributed by atoms with E-state index in [1.54, 1.807) is 0 Å². The number of nitrogens with zero attached hydrogens (tertiary/aromatic N) is 1. The van der Waals surface area contributed by atoms with Gasteiger partial charge < -0.3 is 5.73 Å². The average molecular weight is 237 g/mol. The van der Waals surface area contributed by atoms with Crippen molar-refractivity contribution in [1.29, 1.82) is 0 Å². The topological polar surface area (TPSA) is 38.9 Å². The van der Waals surface area contributed by atoms with Crippen LogP contribution in [0, 0.1) is 0 Å². The van der Waals surface area contributed by atoms with E-state index in [2.05, 4.69) is 4.98 Å². The van der Waals surface area contributed by atoms with Gasteiger partial charge in [-0.25, -0.2) is 4.98 Å². The standard InChI is InChI=1S/C8H10Cl2N2S/c1-4(5(2)11)3-6-7(9)12-8(10)13-6/h3,5H,11H2,1-2H3. The maximum atomic E-state index is 5.82. The summed E-state index contributed by atoms with van der Waals surface area (Å²) in [7, 11) is 0. The minimum absolute atomic E-state index is 0.0249. The molecule has 1 heterocycles. The first-order valence-corrected chi connectivity index (χ1v) is 5.33. The van der Waals surface area contributed by atoms with Crippen LogP contribution in [0.3, 0.4) is 0 Å². The van der Waals surface area contributed by atoms with Crippen molar-refractivity contribution in [3.8, 4) is 0 Å². The highest BCUT2D eigenvalue weighted by Gasteiger charge is 2.06. The van der Waals surface area contributed by atoms with Crippen LogP contribution >= 0.6 is 34.5 Å². The van der Waals surface area contributed by atoms with E-state index in [1.165, 1.54) is 11.3 Å². The summed E-state index contributed by atoms with van der Waals surface area (Å²) in [6.07, 6.45) is 1.91. The molecule has 1 atom stereocenters. The Bertz CT molecular complexity index is 331. The van der Waals surface area contributed by atoms with Gasteiger partial charge in [-0.05, 0) is 19.9 Å². The summed E-state index contributed by atoms with van der Waals surface area (Å²) in [6, 6.07) is 0.0249. The third-order valence-electron chi connectivity index (χ3n) is 1.66. The zero-order chi connectivity index (χ0) is 10.0. The largest absolute Gasteiger partial charge is 0.324 e. The fraction of sp³-hybridized carbons (Fsp3) is 0.375. The Morgan fingerprint density at radius 3 is 2.62 bits per heavy atom. The summed E-state index contributed by atoms with van der Waals surface area (Å²) in [4.78, 5) is 4.75. The predicted molar refractivity (Wildman–Crippen MR) is 59.4 cm³/mol. The number of halogens is 2. The van der Waals surface area contributed by atoms with E-state index in [4.69, 9.17) is 28.9 Å². The molecule has 0 aliphatic rings. The van der Waals surface area contributed by atoms with Gasteiger partial charge in [0.1, 0.15) is 5.15 Å². The summed E-state index contributed by atoms with van der Waals surface area (Å²) in [6.45, 7) is 3.87. The number of thiazole rings is 1. The van der Waals surface area contributed by atoms with E-state index in [0.717, 1.165) is 10.5 Å². The molecule has 1 aromatic heterocycles. The first-order chi connectivity index (χ1) is 6.00. The first kappa shape index (κ1) is 11.0. The number of nitrogens with two attached hydrogens (primary N) is 1. The molecular formula is C8H10Cl2N2S. The van der Waals surface area contributed by atoms with Gasteiger partial charge in [-0.3, -0.25) is 0 Å². The first-order valence-electron chi connectivity index (χ1n) is 3.76. The number of hydrogen-bond acceptors (Lipinski definition) is 3. The Hall–Kier alpha value is -0.0900. The summed E-state index contributed by atoms with van der Waals surface area (Å²) in [5.74, 6) is 0. The summed E-state index contributed by atoms with van der Waals surface area (Å²) in [5, 5.41) is 0.440. The molecule has 0 saturated carbocycles. The van der Waals surface area contributed by atoms with Gasteiger partial charge in [0, 0.05) is 6.04 Å². The lowest BCUT2D eigenvalue weighted by atomic mass is 10.1. The number of aromatic nitrogens is 1. The molecule has 0 spiro atoms. The molecule has 0 fully saturated rings. The van der Waals surface area contributed by atoms with Crippen molar-refractivity contribution in [3.63, 3.8) is 0 Å². The number of rotatable bonds is 2. The fourth-order valence-electron chi connectivity index (χ4n) is 0.715. The van der Waals surface area contributed by atoms with Crippen LogP contribution in [0.2, 0.25) is 9.62 Å². The van der Waals surface area contributed by atoms with Crippen LogP contribution in [-0.4, -0.2) is 11.0 Å². The van der Waals surface area contributed by atoms with Crippen molar-refractivity contribution in [2.75, 3.05) is 0 Å². The second-order valence-electron chi connectivity index (χ2n) is 2.80. The van der Waals surface area contributed by atoms with Gasteiger partial charge in [0.2, 0.25) is 0 Å². The van der Waals surface area contributed by atoms with Crippen LogP contribution in [0.15, 0.2) is 5.57 Å². The molecule has 0 aliphatic heterocycles. The van der Waals surface area contributed by atoms with Gasteiger partial charge in [-0.2, -0.15) is 0 Å². The Labute approximate surface area is 91.4 Å². The van der Waals surface area contributed by atoms with Gasteiger partial charge in [-0.1, -0.05) is 28.8 Å². The molecule has 13 heavy (non-hydrogen) atoms. The molecule has 0 bridgehead atoms. The van der Waals surface area contributed by atoms with Gasteiger partial charge in [-0.15, -0.1) is 11.3 Å². The van der Waals surface area contributed by atoms with Crippen LogP contribution in [0.5, 0.6) is 0 Å². The van der Waals surface area contributed by atoms with Crippen molar-refractivity contribution >= 4 is 40.6 Å². The second-order valence-corrected chi connectivity index (χ2v) is 4.77. The SMILES string of the molecule is CC(=Cc1sc(Cl)nc1Cl)C(C)N. The zero-order valence-corrected chi connectivity index (χ0v) is 9.67. The van der Waals surface area contributed by atoms with Crippen molar-refractivity contribution < 1.29 is 0 Å². The van der Waals surface area contributed by atoms with Gasteiger partial charge in [0.15, 0.2) is 4.47 Å². The van der Waals surface area contributed by atoms with E-state index < -0.39 is 0 Å². The molecule has 0 aromatic carbocycles. The van der Waals surface area contributed by atoms with Gasteiger partial charge >= 0.3 is 0 Å². The molecule has 0 amide bonds. The molecule has 1 aromatic rings. The molecule has 1 unspecified atom stereocenters. The maximum absolute atomic E-state index is 5.82. The molecule has 2 nitrogen and oxygen atoms in total. The van der Waals surface area contributed by atoms with E-state index in [0.29, 0.717) is 9.62 Å². The van der Waals surface area contributed by atoms with Crippen molar-refractivity contribution in [3.05, 3.63) is 20.1 Å². The van der Waals surface area contributed by atoms with Crippen LogP contribution in [-0.2, 0) is 0 Å². The zero-order valence-electron chi connectivity index (χ0n) is 7.34. The Kier molecular flexibility index (Phi) is 3.74. The lowest BCUT2D eigenvalue weighted by molar-refractivity contribution is 0.868. The minimum atomic E-state index is 0.0249. The monoisotopic (exact) mass is 236 g/mol. The second kappa shape index (κ2) is 4.42. The molecule has 1 rings (SSSR count). The smallest absolute Gasteiger partial charge is 0.185 e. The van der Waals surface area contributed by atoms with Crippen LogP contribution in [0.1, 0.15) is 18.7 Å². The van der Waals surface area contributed by atoms with Gasteiger partial charge in [0.25, 0.3) is 0 Å². The Morgan fingerprint density at radius 2 is 2.23 bits per heavy atom. The summed E-state index contributed by atoms with van der Waals surface area (Å²) >= 11 is 12.9. The van der Waals surface area contributed by atoms with Crippen molar-refractivity contribution in [2.45, 2.75) is 19.9 Å². The quantitative estimate of drug-likeness (QED) is 0.857. The van der Waals surface area contributed by atoms with Crippen molar-refractivity contribution in [1.82, 2.24) is 4.98 Å². The molecule has 0 aliphatic carbocycles. The fourth-order valence-corrected chi connectivity index (χ4v) is 2.09.